The van der Waals surface area contributed by atoms with E-state index in [-0.39, 0.29) is 12.4 Å². The van der Waals surface area contributed by atoms with E-state index < -0.39 is 24.0 Å². The molecule has 1 atom stereocenters. The van der Waals surface area contributed by atoms with E-state index in [4.69, 9.17) is 14.2 Å². The third kappa shape index (κ3) is 4.35. The molecule has 3 rings (SSSR count). The van der Waals surface area contributed by atoms with Gasteiger partial charge in [-0.25, -0.2) is 9.59 Å². The average molecular weight is 370 g/mol. The van der Waals surface area contributed by atoms with Crippen LogP contribution in [0.4, 0.5) is 4.79 Å². The van der Waals surface area contributed by atoms with Crippen molar-refractivity contribution >= 4 is 17.9 Å². The summed E-state index contributed by atoms with van der Waals surface area (Å²) >= 11 is 0. The average Bonchev–Trinajstić information content (AvgIpc) is 3.14. The summed E-state index contributed by atoms with van der Waals surface area (Å²) in [6.07, 6.45) is -1.29. The largest absolute Gasteiger partial charge is 0.454 e. The molecular formula is C19H18N2O6. The smallest absolute Gasteiger partial charge is 0.339 e. The first-order chi connectivity index (χ1) is 13.1. The third-order valence-electron chi connectivity index (χ3n) is 3.75. The molecule has 140 valence electrons. The van der Waals surface area contributed by atoms with Gasteiger partial charge in [0.2, 0.25) is 12.9 Å². The standard InChI is InChI=1S/C19H18N2O6/c1-2-20-19(24)21-17(22)16(12-6-4-3-5-7-12)27-18(23)13-8-9-14-15(10-13)26-11-25-14/h3-10,16H,2,11H2,1H3,(H2,20,21,22,24)/t16-/m1/s1. The molecule has 8 heteroatoms. The van der Waals surface area contributed by atoms with Crippen LogP contribution in [-0.2, 0) is 9.53 Å². The van der Waals surface area contributed by atoms with Gasteiger partial charge in [0.05, 0.1) is 5.56 Å². The molecule has 0 aliphatic carbocycles. The number of carbonyl (C=O) groups is 3. The monoisotopic (exact) mass is 370 g/mol. The van der Waals surface area contributed by atoms with Crippen LogP contribution in [0.5, 0.6) is 11.5 Å². The summed E-state index contributed by atoms with van der Waals surface area (Å²) in [6.45, 7) is 2.15. The number of benzene rings is 2. The molecule has 0 unspecified atom stereocenters. The molecule has 8 nitrogen and oxygen atoms in total. The van der Waals surface area contributed by atoms with E-state index in [0.717, 1.165) is 0 Å². The zero-order valence-electron chi connectivity index (χ0n) is 14.6. The van der Waals surface area contributed by atoms with Crippen LogP contribution in [0.2, 0.25) is 0 Å². The normalized spacial score (nSPS) is 12.8. The summed E-state index contributed by atoms with van der Waals surface area (Å²) in [6, 6.07) is 12.4. The van der Waals surface area contributed by atoms with Crippen molar-refractivity contribution in [2.24, 2.45) is 0 Å². The second-order valence-electron chi connectivity index (χ2n) is 5.61. The number of carbonyl (C=O) groups excluding carboxylic acids is 3. The molecule has 1 aliphatic heterocycles. The van der Waals surface area contributed by atoms with E-state index in [0.29, 0.717) is 23.6 Å². The van der Waals surface area contributed by atoms with E-state index in [1.807, 2.05) is 0 Å². The van der Waals surface area contributed by atoms with E-state index in [1.54, 1.807) is 43.3 Å². The fraction of sp³-hybridized carbons (Fsp3) is 0.211. The molecule has 27 heavy (non-hydrogen) atoms. The molecule has 0 radical (unpaired) electrons. The topological polar surface area (TPSA) is 103 Å². The van der Waals surface area contributed by atoms with Crippen LogP contribution < -0.4 is 20.1 Å². The Hall–Kier alpha value is -3.55. The van der Waals surface area contributed by atoms with Crippen molar-refractivity contribution in [2.75, 3.05) is 13.3 Å². The number of hydrogen-bond acceptors (Lipinski definition) is 6. The maximum atomic E-state index is 12.5. The van der Waals surface area contributed by atoms with Crippen LogP contribution in [0.3, 0.4) is 0 Å². The zero-order chi connectivity index (χ0) is 19.2. The van der Waals surface area contributed by atoms with Crippen LogP contribution in [-0.4, -0.2) is 31.2 Å². The SMILES string of the molecule is CCNC(=O)NC(=O)[C@H](OC(=O)c1ccc2c(c1)OCO2)c1ccccc1. The minimum atomic E-state index is -1.29. The van der Waals surface area contributed by atoms with Gasteiger partial charge in [0.25, 0.3) is 5.91 Å². The highest BCUT2D eigenvalue weighted by atomic mass is 16.7. The lowest BCUT2D eigenvalue weighted by Gasteiger charge is -2.17. The summed E-state index contributed by atoms with van der Waals surface area (Å²) in [5.41, 5.74) is 0.638. The molecule has 0 fully saturated rings. The molecule has 0 spiro atoms. The Morgan fingerprint density at radius 3 is 2.56 bits per heavy atom. The van der Waals surface area contributed by atoms with Gasteiger partial charge in [-0.15, -0.1) is 0 Å². The van der Waals surface area contributed by atoms with Gasteiger partial charge in [-0.2, -0.15) is 0 Å². The number of amides is 3. The summed E-state index contributed by atoms with van der Waals surface area (Å²) in [5.74, 6) is -0.526. The molecule has 2 aromatic rings. The Morgan fingerprint density at radius 2 is 1.81 bits per heavy atom. The number of urea groups is 1. The summed E-state index contributed by atoms with van der Waals surface area (Å²) in [7, 11) is 0. The summed E-state index contributed by atoms with van der Waals surface area (Å²) < 4.78 is 15.8. The molecule has 1 heterocycles. The Morgan fingerprint density at radius 1 is 1.07 bits per heavy atom. The number of nitrogens with one attached hydrogen (secondary N) is 2. The third-order valence-corrected chi connectivity index (χ3v) is 3.75. The maximum Gasteiger partial charge on any atom is 0.339 e. The van der Waals surface area contributed by atoms with Gasteiger partial charge < -0.3 is 19.5 Å². The van der Waals surface area contributed by atoms with E-state index in [1.165, 1.54) is 12.1 Å². The van der Waals surface area contributed by atoms with Crippen molar-refractivity contribution in [2.45, 2.75) is 13.0 Å². The highest BCUT2D eigenvalue weighted by molar-refractivity contribution is 5.99. The summed E-state index contributed by atoms with van der Waals surface area (Å²) in [5, 5.41) is 4.62. The number of hydrogen-bond donors (Lipinski definition) is 2. The number of esters is 1. The first-order valence-electron chi connectivity index (χ1n) is 8.32. The Balaban J connectivity index is 1.79. The molecule has 2 aromatic carbocycles. The molecule has 0 aromatic heterocycles. The lowest BCUT2D eigenvalue weighted by atomic mass is 10.1. The van der Waals surface area contributed by atoms with E-state index in [9.17, 15) is 14.4 Å². The lowest BCUT2D eigenvalue weighted by molar-refractivity contribution is -0.129. The minimum absolute atomic E-state index is 0.0788. The van der Waals surface area contributed by atoms with Crippen molar-refractivity contribution in [3.63, 3.8) is 0 Å². The molecule has 3 amide bonds. The van der Waals surface area contributed by atoms with E-state index >= 15 is 0 Å². The molecular weight excluding hydrogens is 352 g/mol. The number of fused-ring (bicyclic) bond motifs is 1. The van der Waals surface area contributed by atoms with Crippen LogP contribution in [0.1, 0.15) is 28.9 Å². The van der Waals surface area contributed by atoms with Crippen LogP contribution in [0.25, 0.3) is 0 Å². The number of imide groups is 1. The summed E-state index contributed by atoms with van der Waals surface area (Å²) in [4.78, 5) is 36.7. The second kappa shape index (κ2) is 8.22. The van der Waals surface area contributed by atoms with Gasteiger partial charge >= 0.3 is 12.0 Å². The first-order valence-corrected chi connectivity index (χ1v) is 8.32. The Kier molecular flexibility index (Phi) is 5.55. The van der Waals surface area contributed by atoms with Crippen LogP contribution in [0, 0.1) is 0 Å². The van der Waals surface area contributed by atoms with Crippen LogP contribution in [0.15, 0.2) is 48.5 Å². The van der Waals surface area contributed by atoms with Crippen molar-refractivity contribution in [1.29, 1.82) is 0 Å². The van der Waals surface area contributed by atoms with Crippen molar-refractivity contribution in [3.8, 4) is 11.5 Å². The fourth-order valence-corrected chi connectivity index (χ4v) is 2.48. The molecule has 0 bridgehead atoms. The Labute approximate surface area is 155 Å². The van der Waals surface area contributed by atoms with Gasteiger partial charge in [0.1, 0.15) is 0 Å². The maximum absolute atomic E-state index is 12.5. The molecule has 1 aliphatic rings. The highest BCUT2D eigenvalue weighted by Gasteiger charge is 2.27. The van der Waals surface area contributed by atoms with Crippen molar-refractivity contribution in [1.82, 2.24) is 10.6 Å². The zero-order valence-corrected chi connectivity index (χ0v) is 14.6. The van der Waals surface area contributed by atoms with Gasteiger partial charge in [-0.3, -0.25) is 10.1 Å². The molecule has 0 saturated heterocycles. The molecule has 2 N–H and O–H groups in total. The number of rotatable bonds is 5. The predicted octanol–water partition coefficient (Wildman–Crippen LogP) is 2.16. The first kappa shape index (κ1) is 18.2. The highest BCUT2D eigenvalue weighted by Crippen LogP contribution is 2.33. The quantitative estimate of drug-likeness (QED) is 0.782. The minimum Gasteiger partial charge on any atom is -0.454 e. The van der Waals surface area contributed by atoms with Crippen molar-refractivity contribution < 1.29 is 28.6 Å². The van der Waals surface area contributed by atoms with Crippen LogP contribution >= 0.6 is 0 Å². The number of ether oxygens (including phenoxy) is 3. The van der Waals surface area contributed by atoms with Crippen molar-refractivity contribution in [3.05, 3.63) is 59.7 Å². The Bertz CT molecular complexity index is 853. The van der Waals surface area contributed by atoms with Gasteiger partial charge in [0, 0.05) is 12.1 Å². The van der Waals surface area contributed by atoms with Gasteiger partial charge in [0.15, 0.2) is 11.5 Å². The molecule has 0 saturated carbocycles. The van der Waals surface area contributed by atoms with Gasteiger partial charge in [-0.1, -0.05) is 30.3 Å². The predicted molar refractivity (Wildman–Crippen MR) is 94.4 cm³/mol. The van der Waals surface area contributed by atoms with Gasteiger partial charge in [-0.05, 0) is 25.1 Å². The lowest BCUT2D eigenvalue weighted by Crippen LogP contribution is -2.42. The second-order valence-corrected chi connectivity index (χ2v) is 5.61. The fourth-order valence-electron chi connectivity index (χ4n) is 2.48. The van der Waals surface area contributed by atoms with E-state index in [2.05, 4.69) is 10.6 Å².